The van der Waals surface area contributed by atoms with Gasteiger partial charge in [0.1, 0.15) is 0 Å². The molecule has 0 bridgehead atoms. The van der Waals surface area contributed by atoms with Crippen LogP contribution < -0.4 is 0 Å². The minimum absolute atomic E-state index is 0.299. The largest absolute Gasteiger partial charge is 0.336 e. The Kier molecular flexibility index (Phi) is 1.46. The first-order valence-corrected chi connectivity index (χ1v) is 3.81. The Balaban J connectivity index is 2.57. The molecule has 0 radical (unpaired) electrons. The third-order valence-electron chi connectivity index (χ3n) is 1.14. The van der Waals surface area contributed by atoms with Crippen molar-refractivity contribution in [1.82, 2.24) is 4.31 Å². The van der Waals surface area contributed by atoms with Crippen LogP contribution in [0.3, 0.4) is 0 Å². The van der Waals surface area contributed by atoms with Crippen LogP contribution in [0.25, 0.3) is 0 Å². The zero-order valence-electron chi connectivity index (χ0n) is 4.79. The summed E-state index contributed by atoms with van der Waals surface area (Å²) in [6.07, 6.45) is 0. The second-order valence-electron chi connectivity index (χ2n) is 2.10. The molecule has 1 fully saturated rings. The molecule has 10 heavy (non-hydrogen) atoms. The van der Waals surface area contributed by atoms with Gasteiger partial charge in [-0.05, 0) is 0 Å². The first-order valence-electron chi connectivity index (χ1n) is 2.42. The van der Waals surface area contributed by atoms with Gasteiger partial charge in [0.2, 0.25) is 0 Å². The van der Waals surface area contributed by atoms with E-state index in [0.717, 1.165) is 0 Å². The van der Waals surface area contributed by atoms with E-state index in [1.54, 1.807) is 0 Å². The Hall–Kier alpha value is -0.270. The lowest BCUT2D eigenvalue weighted by Gasteiger charge is -2.35. The minimum Gasteiger partial charge on any atom is -0.273 e. The van der Waals surface area contributed by atoms with Crippen LogP contribution in [-0.4, -0.2) is 36.3 Å². The Labute approximate surface area is 56.3 Å². The zero-order valence-corrected chi connectivity index (χ0v) is 5.61. The van der Waals surface area contributed by atoms with Crippen LogP contribution in [0.4, 0.5) is 8.78 Å². The summed E-state index contributed by atoms with van der Waals surface area (Å²) >= 11 is 0. The van der Waals surface area contributed by atoms with Crippen LogP contribution in [-0.2, 0) is 10.3 Å². The van der Waals surface area contributed by atoms with Gasteiger partial charge < -0.3 is 0 Å². The predicted molar refractivity (Wildman–Crippen MR) is 28.1 cm³/mol. The summed E-state index contributed by atoms with van der Waals surface area (Å²) in [5, 5.41) is 0. The van der Waals surface area contributed by atoms with Crippen molar-refractivity contribution in [3.63, 3.8) is 0 Å². The molecule has 0 aromatic heterocycles. The van der Waals surface area contributed by atoms with Crippen molar-refractivity contribution in [2.45, 2.75) is 5.92 Å². The molecule has 7 heteroatoms. The summed E-state index contributed by atoms with van der Waals surface area (Å²) in [7, 11) is -4.38. The number of halogens is 2. The quantitative estimate of drug-likeness (QED) is 0.556. The van der Waals surface area contributed by atoms with Crippen molar-refractivity contribution in [3.05, 3.63) is 0 Å². The molecule has 0 saturated carbocycles. The second kappa shape index (κ2) is 1.86. The molecule has 0 spiro atoms. The van der Waals surface area contributed by atoms with E-state index in [1.165, 1.54) is 0 Å². The molecule has 0 aliphatic carbocycles. The lowest BCUT2D eigenvalue weighted by Crippen LogP contribution is -2.58. The van der Waals surface area contributed by atoms with Crippen molar-refractivity contribution in [1.29, 1.82) is 0 Å². The van der Waals surface area contributed by atoms with Crippen LogP contribution >= 0.6 is 0 Å². The summed E-state index contributed by atoms with van der Waals surface area (Å²) in [6, 6.07) is 0. The highest BCUT2D eigenvalue weighted by Crippen LogP contribution is 2.28. The molecule has 0 unspecified atom stereocenters. The van der Waals surface area contributed by atoms with Gasteiger partial charge in [-0.1, -0.05) is 0 Å². The highest BCUT2D eigenvalue weighted by atomic mass is 32.2. The summed E-state index contributed by atoms with van der Waals surface area (Å²) in [5.41, 5.74) is 0. The van der Waals surface area contributed by atoms with E-state index >= 15 is 0 Å². The average Bonchev–Trinajstić information content (AvgIpc) is 1.56. The molecular weight excluding hydrogens is 168 g/mol. The molecule has 1 rings (SSSR count). The smallest absolute Gasteiger partial charge is 0.273 e. The fourth-order valence-electron chi connectivity index (χ4n) is 0.633. The summed E-state index contributed by atoms with van der Waals surface area (Å²) in [4.78, 5) is 0. The second-order valence-corrected chi connectivity index (χ2v) is 3.51. The summed E-state index contributed by atoms with van der Waals surface area (Å²) in [6.45, 7) is -1.82. The van der Waals surface area contributed by atoms with Crippen molar-refractivity contribution in [2.75, 3.05) is 13.1 Å². The fourth-order valence-corrected chi connectivity index (χ4v) is 1.34. The number of nitrogens with zero attached hydrogens (tertiary/aromatic N) is 1. The molecule has 60 valence electrons. The molecule has 1 saturated heterocycles. The first-order chi connectivity index (χ1) is 4.31. The van der Waals surface area contributed by atoms with Crippen molar-refractivity contribution < 1.29 is 21.8 Å². The fraction of sp³-hybridized carbons (Fsp3) is 1.00. The molecule has 1 aliphatic rings. The maximum Gasteiger partial charge on any atom is 0.336 e. The van der Waals surface area contributed by atoms with Gasteiger partial charge in [-0.15, -0.1) is 0 Å². The van der Waals surface area contributed by atoms with Crippen LogP contribution in [0.15, 0.2) is 0 Å². The van der Waals surface area contributed by atoms with E-state index in [9.17, 15) is 17.2 Å². The highest BCUT2D eigenvalue weighted by Gasteiger charge is 2.49. The highest BCUT2D eigenvalue weighted by molar-refractivity contribution is 7.83. The number of rotatable bonds is 1. The van der Waals surface area contributed by atoms with Crippen LogP contribution in [0.5, 0.6) is 0 Å². The van der Waals surface area contributed by atoms with Crippen LogP contribution in [0, 0.1) is 0 Å². The molecular formula is C3H5F2NO3S. The van der Waals surface area contributed by atoms with Crippen molar-refractivity contribution in [2.24, 2.45) is 0 Å². The molecule has 1 heterocycles. The van der Waals surface area contributed by atoms with Gasteiger partial charge in [-0.3, -0.25) is 4.55 Å². The topological polar surface area (TPSA) is 57.6 Å². The molecule has 0 aromatic rings. The van der Waals surface area contributed by atoms with Gasteiger partial charge in [0.15, 0.2) is 0 Å². The van der Waals surface area contributed by atoms with Gasteiger partial charge in [-0.2, -0.15) is 12.7 Å². The normalized spacial score (nSPS) is 25.9. The van der Waals surface area contributed by atoms with Crippen molar-refractivity contribution in [3.8, 4) is 0 Å². The molecule has 0 atom stereocenters. The number of hydrogen-bond acceptors (Lipinski definition) is 2. The van der Waals surface area contributed by atoms with Crippen molar-refractivity contribution >= 4 is 10.3 Å². The monoisotopic (exact) mass is 173 g/mol. The van der Waals surface area contributed by atoms with Gasteiger partial charge in [-0.25, -0.2) is 8.78 Å². The summed E-state index contributed by atoms with van der Waals surface area (Å²) in [5.74, 6) is -2.96. The average molecular weight is 173 g/mol. The van der Waals surface area contributed by atoms with Gasteiger partial charge in [0.25, 0.3) is 5.92 Å². The first kappa shape index (κ1) is 7.83. The number of hydrogen-bond donors (Lipinski definition) is 1. The lowest BCUT2D eigenvalue weighted by atomic mass is 10.2. The Morgan fingerprint density at radius 3 is 1.90 bits per heavy atom. The van der Waals surface area contributed by atoms with Crippen LogP contribution in [0.2, 0.25) is 0 Å². The maximum absolute atomic E-state index is 11.9. The Morgan fingerprint density at radius 2 is 1.80 bits per heavy atom. The van der Waals surface area contributed by atoms with Gasteiger partial charge in [0, 0.05) is 0 Å². The third kappa shape index (κ3) is 1.41. The summed E-state index contributed by atoms with van der Waals surface area (Å²) < 4.78 is 52.3. The minimum atomic E-state index is -4.38. The van der Waals surface area contributed by atoms with E-state index < -0.39 is 29.3 Å². The SMILES string of the molecule is O=S(=O)(O)N1CC(F)(F)C1. The molecule has 0 aromatic carbocycles. The Bertz CT molecular complexity index is 228. The Morgan fingerprint density at radius 1 is 1.40 bits per heavy atom. The van der Waals surface area contributed by atoms with Gasteiger partial charge in [0.05, 0.1) is 13.1 Å². The molecule has 1 aliphatic heterocycles. The molecule has 4 nitrogen and oxygen atoms in total. The number of alkyl halides is 2. The third-order valence-corrected chi connectivity index (χ3v) is 2.05. The van der Waals surface area contributed by atoms with E-state index in [2.05, 4.69) is 0 Å². The molecule has 1 N–H and O–H groups in total. The molecule has 0 amide bonds. The van der Waals surface area contributed by atoms with E-state index in [1.807, 2.05) is 0 Å². The predicted octanol–water partition coefficient (Wildman–Crippen LogP) is -0.260. The lowest BCUT2D eigenvalue weighted by molar-refractivity contribution is -0.0972. The van der Waals surface area contributed by atoms with Gasteiger partial charge >= 0.3 is 10.3 Å². The standard InChI is InChI=1S/C3H5F2NO3S/c4-3(5)1-6(2-3)10(7,8)9/h1-2H2,(H,7,8,9). The zero-order chi connectivity index (χ0) is 7.99. The van der Waals surface area contributed by atoms with Crippen LogP contribution in [0.1, 0.15) is 0 Å². The maximum atomic E-state index is 11.9. The van der Waals surface area contributed by atoms with E-state index in [0.29, 0.717) is 4.31 Å². The van der Waals surface area contributed by atoms with E-state index in [4.69, 9.17) is 4.55 Å². The van der Waals surface area contributed by atoms with E-state index in [-0.39, 0.29) is 0 Å².